The van der Waals surface area contributed by atoms with E-state index in [1.807, 2.05) is 24.6 Å². The molecule has 0 spiro atoms. The second-order valence-electron chi connectivity index (χ2n) is 2.32. The van der Waals surface area contributed by atoms with Gasteiger partial charge in [-0.05, 0) is 13.8 Å². The summed E-state index contributed by atoms with van der Waals surface area (Å²) in [5.41, 5.74) is 1.10. The van der Waals surface area contributed by atoms with Crippen molar-refractivity contribution < 1.29 is 5.11 Å². The van der Waals surface area contributed by atoms with Gasteiger partial charge in [-0.2, -0.15) is 0 Å². The van der Waals surface area contributed by atoms with Gasteiger partial charge in [0.25, 0.3) is 0 Å². The lowest BCUT2D eigenvalue weighted by Crippen LogP contribution is -2.05. The van der Waals surface area contributed by atoms with Crippen molar-refractivity contribution in [1.29, 1.82) is 0 Å². The van der Waals surface area contributed by atoms with Gasteiger partial charge in [0.2, 0.25) is 0 Å². The van der Waals surface area contributed by atoms with Gasteiger partial charge in [-0.15, -0.1) is 0 Å². The normalized spacial score (nSPS) is 10.3. The van der Waals surface area contributed by atoms with Crippen molar-refractivity contribution in [2.45, 2.75) is 20.4 Å². The number of hydrogen-bond donors (Lipinski definition) is 1. The quantitative estimate of drug-likeness (QED) is 0.649. The van der Waals surface area contributed by atoms with Crippen LogP contribution in [0.5, 0.6) is 0 Å². The molecule has 1 N–H and O–H groups in total. The maximum absolute atomic E-state index is 8.64. The number of rotatable bonds is 2. The summed E-state index contributed by atoms with van der Waals surface area (Å²) >= 11 is 0. The smallest absolute Gasteiger partial charge is 0.105 e. The molecule has 0 atom stereocenters. The van der Waals surface area contributed by atoms with Gasteiger partial charge in [0.15, 0.2) is 0 Å². The van der Waals surface area contributed by atoms with Gasteiger partial charge in [0, 0.05) is 18.4 Å². The number of aliphatic hydroxyl groups excluding tert-OH is 1. The minimum absolute atomic E-state index is 0.179. The van der Waals surface area contributed by atoms with Gasteiger partial charge in [-0.1, -0.05) is 0 Å². The standard InChI is InChI=1S/C7H12N2O/c1-6-5-8-7(2)9(6)3-4-10/h5,10H,3-4H2,1-2H3. The molecule has 10 heavy (non-hydrogen) atoms. The monoisotopic (exact) mass is 140 g/mol. The van der Waals surface area contributed by atoms with E-state index in [9.17, 15) is 0 Å². The second-order valence-corrected chi connectivity index (χ2v) is 2.32. The molecule has 1 rings (SSSR count). The van der Waals surface area contributed by atoms with Crippen molar-refractivity contribution in [3.8, 4) is 0 Å². The average molecular weight is 140 g/mol. The summed E-state index contributed by atoms with van der Waals surface area (Å²) in [6.45, 7) is 4.74. The Morgan fingerprint density at radius 3 is 2.70 bits per heavy atom. The summed E-state index contributed by atoms with van der Waals surface area (Å²) in [5.74, 6) is 0.964. The van der Waals surface area contributed by atoms with Crippen LogP contribution in [0.3, 0.4) is 0 Å². The third kappa shape index (κ3) is 1.19. The fraction of sp³-hybridized carbons (Fsp3) is 0.571. The Morgan fingerprint density at radius 2 is 2.30 bits per heavy atom. The molecule has 0 saturated heterocycles. The highest BCUT2D eigenvalue weighted by atomic mass is 16.3. The van der Waals surface area contributed by atoms with E-state index in [0.717, 1.165) is 11.5 Å². The molecule has 0 aromatic carbocycles. The Hall–Kier alpha value is -0.830. The molecule has 0 bridgehead atoms. The van der Waals surface area contributed by atoms with Gasteiger partial charge >= 0.3 is 0 Å². The summed E-state index contributed by atoms with van der Waals surface area (Å²) in [4.78, 5) is 4.09. The topological polar surface area (TPSA) is 38.0 Å². The van der Waals surface area contributed by atoms with Crippen molar-refractivity contribution in [3.63, 3.8) is 0 Å². The molecule has 0 radical (unpaired) electrons. The lowest BCUT2D eigenvalue weighted by atomic mass is 10.5. The Labute approximate surface area is 60.3 Å². The SMILES string of the molecule is Cc1cnc(C)n1CCO. The number of aromatic nitrogens is 2. The molecule has 1 aromatic rings. The molecule has 0 amide bonds. The van der Waals surface area contributed by atoms with E-state index in [0.29, 0.717) is 6.54 Å². The van der Waals surface area contributed by atoms with Gasteiger partial charge < -0.3 is 9.67 Å². The predicted octanol–water partition coefficient (Wildman–Crippen LogP) is 0.492. The Bertz CT molecular complexity index is 198. The first-order valence-electron chi connectivity index (χ1n) is 3.35. The van der Waals surface area contributed by atoms with Crippen LogP contribution in [-0.2, 0) is 6.54 Å². The molecule has 0 fully saturated rings. The number of aliphatic hydroxyl groups is 1. The van der Waals surface area contributed by atoms with Crippen molar-refractivity contribution in [2.75, 3.05) is 6.61 Å². The van der Waals surface area contributed by atoms with Crippen LogP contribution in [0.25, 0.3) is 0 Å². The van der Waals surface area contributed by atoms with E-state index < -0.39 is 0 Å². The van der Waals surface area contributed by atoms with Crippen LogP contribution in [-0.4, -0.2) is 21.3 Å². The molecule has 56 valence electrons. The van der Waals surface area contributed by atoms with E-state index in [1.54, 1.807) is 0 Å². The maximum atomic E-state index is 8.64. The molecule has 0 unspecified atom stereocenters. The zero-order valence-electron chi connectivity index (χ0n) is 6.33. The summed E-state index contributed by atoms with van der Waals surface area (Å²) in [6, 6.07) is 0. The highest BCUT2D eigenvalue weighted by Gasteiger charge is 1.99. The van der Waals surface area contributed by atoms with Crippen LogP contribution in [0.2, 0.25) is 0 Å². The van der Waals surface area contributed by atoms with Crippen molar-refractivity contribution in [2.24, 2.45) is 0 Å². The largest absolute Gasteiger partial charge is 0.395 e. The third-order valence-electron chi connectivity index (χ3n) is 1.58. The van der Waals surface area contributed by atoms with Crippen LogP contribution >= 0.6 is 0 Å². The number of hydrogen-bond acceptors (Lipinski definition) is 2. The second kappa shape index (κ2) is 2.84. The van der Waals surface area contributed by atoms with E-state index in [2.05, 4.69) is 4.98 Å². The maximum Gasteiger partial charge on any atom is 0.105 e. The van der Waals surface area contributed by atoms with E-state index >= 15 is 0 Å². The fourth-order valence-corrected chi connectivity index (χ4v) is 1.02. The number of nitrogens with zero attached hydrogens (tertiary/aromatic N) is 2. The third-order valence-corrected chi connectivity index (χ3v) is 1.58. The molecule has 0 aliphatic carbocycles. The lowest BCUT2D eigenvalue weighted by Gasteiger charge is -2.03. The molecule has 0 aliphatic rings. The summed E-state index contributed by atoms with van der Waals surface area (Å²) < 4.78 is 1.99. The lowest BCUT2D eigenvalue weighted by molar-refractivity contribution is 0.273. The van der Waals surface area contributed by atoms with Gasteiger partial charge in [-0.25, -0.2) is 4.98 Å². The average Bonchev–Trinajstić information content (AvgIpc) is 2.20. The summed E-state index contributed by atoms with van der Waals surface area (Å²) in [5, 5.41) is 8.64. The van der Waals surface area contributed by atoms with E-state index in [1.165, 1.54) is 0 Å². The van der Waals surface area contributed by atoms with Crippen LogP contribution < -0.4 is 0 Å². The number of imidazole rings is 1. The first-order chi connectivity index (χ1) is 4.75. The molecule has 1 aromatic heterocycles. The van der Waals surface area contributed by atoms with Crippen molar-refractivity contribution >= 4 is 0 Å². The molecule has 3 heteroatoms. The minimum atomic E-state index is 0.179. The van der Waals surface area contributed by atoms with Gasteiger partial charge in [-0.3, -0.25) is 0 Å². The van der Waals surface area contributed by atoms with E-state index in [-0.39, 0.29) is 6.61 Å². The van der Waals surface area contributed by atoms with Gasteiger partial charge in [0.1, 0.15) is 5.82 Å². The Kier molecular flexibility index (Phi) is 2.06. The zero-order chi connectivity index (χ0) is 7.56. The fourth-order valence-electron chi connectivity index (χ4n) is 1.02. The minimum Gasteiger partial charge on any atom is -0.395 e. The zero-order valence-corrected chi connectivity index (χ0v) is 6.33. The van der Waals surface area contributed by atoms with Crippen LogP contribution in [0.15, 0.2) is 6.20 Å². The van der Waals surface area contributed by atoms with Crippen LogP contribution in [0, 0.1) is 13.8 Å². The summed E-state index contributed by atoms with van der Waals surface area (Å²) in [6.07, 6.45) is 1.81. The van der Waals surface area contributed by atoms with Crippen molar-refractivity contribution in [1.82, 2.24) is 9.55 Å². The summed E-state index contributed by atoms with van der Waals surface area (Å²) in [7, 11) is 0. The molecular formula is C7H12N2O. The molecular weight excluding hydrogens is 128 g/mol. The number of aryl methyl sites for hydroxylation is 2. The Balaban J connectivity index is 2.87. The molecule has 3 nitrogen and oxygen atoms in total. The Morgan fingerprint density at radius 1 is 1.60 bits per heavy atom. The van der Waals surface area contributed by atoms with E-state index in [4.69, 9.17) is 5.11 Å². The highest BCUT2D eigenvalue weighted by Crippen LogP contribution is 2.01. The van der Waals surface area contributed by atoms with Gasteiger partial charge in [0.05, 0.1) is 6.61 Å². The first kappa shape index (κ1) is 7.28. The molecule has 0 aliphatic heterocycles. The molecule has 0 saturated carbocycles. The predicted molar refractivity (Wildman–Crippen MR) is 38.8 cm³/mol. The molecule has 1 heterocycles. The van der Waals surface area contributed by atoms with Crippen molar-refractivity contribution in [3.05, 3.63) is 17.7 Å². The van der Waals surface area contributed by atoms with Crippen LogP contribution in [0.4, 0.5) is 0 Å². The van der Waals surface area contributed by atoms with Crippen LogP contribution in [0.1, 0.15) is 11.5 Å². The highest BCUT2D eigenvalue weighted by molar-refractivity contribution is 5.01. The first-order valence-corrected chi connectivity index (χ1v) is 3.35.